The van der Waals surface area contributed by atoms with Crippen LogP contribution in [0.1, 0.15) is 41.5 Å². The molecule has 0 rings (SSSR count). The van der Waals surface area contributed by atoms with Crippen LogP contribution in [0.25, 0.3) is 0 Å². The van der Waals surface area contributed by atoms with Gasteiger partial charge < -0.3 is 10.6 Å². The van der Waals surface area contributed by atoms with Crippen LogP contribution in [0.15, 0.2) is 0 Å². The Morgan fingerprint density at radius 2 is 1.00 bits per heavy atom. The summed E-state index contributed by atoms with van der Waals surface area (Å²) >= 11 is 0. The van der Waals surface area contributed by atoms with E-state index in [9.17, 15) is 9.59 Å². The maximum Gasteiger partial charge on any atom is 0.219 e. The Morgan fingerprint density at radius 3 is 1.00 bits per heavy atom. The first-order valence-electron chi connectivity index (χ1n) is 4.03. The van der Waals surface area contributed by atoms with Gasteiger partial charge in [-0.1, -0.05) is 28.7 Å². The molecule has 0 saturated heterocycles. The highest BCUT2D eigenvalue weighted by Gasteiger charge is 1.85. The van der Waals surface area contributed by atoms with Crippen molar-refractivity contribution in [2.24, 2.45) is 0 Å². The Bertz CT molecular complexity index is 117. The minimum Gasteiger partial charge on any atom is -0.359 e. The van der Waals surface area contributed by atoms with Gasteiger partial charge in [-0.05, 0) is 0 Å². The van der Waals surface area contributed by atoms with E-state index in [1.165, 1.54) is 0 Å². The van der Waals surface area contributed by atoms with Gasteiger partial charge in [0.15, 0.2) is 0 Å². The zero-order valence-electron chi connectivity index (χ0n) is 9.23. The van der Waals surface area contributed by atoms with E-state index in [0.717, 1.165) is 0 Å². The largest absolute Gasteiger partial charge is 0.359 e. The van der Waals surface area contributed by atoms with Crippen LogP contribution >= 0.6 is 27.0 Å². The second-order valence-electron chi connectivity index (χ2n) is 2.05. The van der Waals surface area contributed by atoms with Crippen LogP contribution in [-0.4, -0.2) is 25.9 Å². The summed E-state index contributed by atoms with van der Waals surface area (Å²) in [6.45, 7) is 3.64. The first kappa shape index (κ1) is 36.1. The van der Waals surface area contributed by atoms with E-state index in [-0.39, 0.29) is 53.7 Å². The quantitative estimate of drug-likeness (QED) is 0.806. The van der Waals surface area contributed by atoms with E-state index in [4.69, 9.17) is 0 Å². The van der Waals surface area contributed by atoms with Gasteiger partial charge in [0.25, 0.3) is 0 Å². The van der Waals surface area contributed by atoms with Gasteiger partial charge in [-0.25, -0.2) is 0 Å². The SMILES string of the molecule is C.C.CCC(=O)NC.CCC(=O)NC.S.S. The van der Waals surface area contributed by atoms with Crippen LogP contribution in [0, 0.1) is 0 Å². The lowest BCUT2D eigenvalue weighted by atomic mass is 10.5. The molecule has 0 aromatic rings. The first-order chi connectivity index (χ1) is 5.62. The van der Waals surface area contributed by atoms with Gasteiger partial charge in [-0.3, -0.25) is 9.59 Å². The molecule has 0 spiro atoms. The van der Waals surface area contributed by atoms with E-state index in [0.29, 0.717) is 12.8 Å². The summed E-state index contributed by atoms with van der Waals surface area (Å²) in [4.78, 5) is 20.1. The van der Waals surface area contributed by atoms with Crippen LogP contribution in [0.4, 0.5) is 0 Å². The molecular weight excluding hydrogens is 244 g/mol. The third kappa shape index (κ3) is 37.3. The molecule has 16 heavy (non-hydrogen) atoms. The highest BCUT2D eigenvalue weighted by Crippen LogP contribution is 1.68. The summed E-state index contributed by atoms with van der Waals surface area (Å²) in [6.07, 6.45) is 1.16. The monoisotopic (exact) mass is 274 g/mol. The van der Waals surface area contributed by atoms with Crippen molar-refractivity contribution in [2.45, 2.75) is 41.5 Å². The number of carbonyl (C=O) groups is 2. The van der Waals surface area contributed by atoms with Crippen molar-refractivity contribution < 1.29 is 9.59 Å². The van der Waals surface area contributed by atoms with Crippen molar-refractivity contribution in [3.8, 4) is 0 Å². The normalized spacial score (nSPS) is 5.75. The van der Waals surface area contributed by atoms with Crippen molar-refractivity contribution in [3.63, 3.8) is 0 Å². The molecule has 0 atom stereocenters. The number of amides is 2. The smallest absolute Gasteiger partial charge is 0.219 e. The molecule has 2 amide bonds. The van der Waals surface area contributed by atoms with Crippen LogP contribution < -0.4 is 10.6 Å². The second kappa shape index (κ2) is 29.3. The fourth-order valence-corrected chi connectivity index (χ4v) is 0.354. The summed E-state index contributed by atoms with van der Waals surface area (Å²) in [7, 11) is 3.26. The van der Waals surface area contributed by atoms with Crippen molar-refractivity contribution in [1.29, 1.82) is 0 Å². The molecule has 0 aliphatic heterocycles. The van der Waals surface area contributed by atoms with Crippen LogP contribution in [0.3, 0.4) is 0 Å². The van der Waals surface area contributed by atoms with Crippen LogP contribution in [-0.2, 0) is 9.59 Å². The Kier molecular flexibility index (Phi) is 66.1. The Balaban J connectivity index is -0.0000000250. The Hall–Kier alpha value is -0.360. The highest BCUT2D eigenvalue weighted by molar-refractivity contribution is 7.59. The van der Waals surface area contributed by atoms with Crippen LogP contribution in [0.2, 0.25) is 0 Å². The van der Waals surface area contributed by atoms with Gasteiger partial charge in [-0.2, -0.15) is 27.0 Å². The summed E-state index contributed by atoms with van der Waals surface area (Å²) in [5.41, 5.74) is 0. The van der Waals surface area contributed by atoms with E-state index < -0.39 is 0 Å². The lowest BCUT2D eigenvalue weighted by Gasteiger charge is -1.87. The molecule has 0 aliphatic carbocycles. The first-order valence-corrected chi connectivity index (χ1v) is 4.03. The molecule has 6 heteroatoms. The van der Waals surface area contributed by atoms with Crippen LogP contribution in [0.5, 0.6) is 0 Å². The summed E-state index contributed by atoms with van der Waals surface area (Å²) in [6, 6.07) is 0. The number of carbonyl (C=O) groups excluding carboxylic acids is 2. The Morgan fingerprint density at radius 1 is 0.812 bits per heavy atom. The predicted molar refractivity (Wildman–Crippen MR) is 82.9 cm³/mol. The second-order valence-corrected chi connectivity index (χ2v) is 2.05. The average Bonchev–Trinajstić information content (AvgIpc) is 2.16. The fourth-order valence-electron chi connectivity index (χ4n) is 0.354. The molecular formula is C10H30N2O2S2. The summed E-state index contributed by atoms with van der Waals surface area (Å²) in [5.74, 6) is 0.185. The molecule has 0 saturated carbocycles. The predicted octanol–water partition coefficient (Wildman–Crippen LogP) is 1.78. The third-order valence-electron chi connectivity index (χ3n) is 1.20. The van der Waals surface area contributed by atoms with Crippen molar-refractivity contribution in [1.82, 2.24) is 10.6 Å². The number of nitrogens with one attached hydrogen (secondary N) is 2. The van der Waals surface area contributed by atoms with E-state index in [1.54, 1.807) is 14.1 Å². The molecule has 2 N–H and O–H groups in total. The zero-order chi connectivity index (χ0) is 9.98. The Labute approximate surface area is 115 Å². The minimum atomic E-state index is 0. The number of rotatable bonds is 2. The topological polar surface area (TPSA) is 58.2 Å². The number of hydrogen-bond acceptors (Lipinski definition) is 2. The fraction of sp³-hybridized carbons (Fsp3) is 0.800. The lowest BCUT2D eigenvalue weighted by molar-refractivity contribution is -0.121. The van der Waals surface area contributed by atoms with Crippen molar-refractivity contribution in [2.75, 3.05) is 14.1 Å². The molecule has 0 radical (unpaired) electrons. The minimum absolute atomic E-state index is 0. The standard InChI is InChI=1S/2C4H9NO.2CH4.2H2S/c2*1-3-4(6)5-2;;;;/h2*3H2,1-2H3,(H,5,6);2*1H4;2*1H2. The van der Waals surface area contributed by atoms with E-state index >= 15 is 0 Å². The molecule has 0 bridgehead atoms. The lowest BCUT2D eigenvalue weighted by Crippen LogP contribution is -2.15. The molecule has 0 heterocycles. The van der Waals surface area contributed by atoms with Gasteiger partial charge in [0.2, 0.25) is 11.8 Å². The molecule has 0 aromatic heterocycles. The summed E-state index contributed by atoms with van der Waals surface area (Å²) < 4.78 is 0. The highest BCUT2D eigenvalue weighted by atomic mass is 32.1. The van der Waals surface area contributed by atoms with Gasteiger partial charge in [0, 0.05) is 26.9 Å². The third-order valence-corrected chi connectivity index (χ3v) is 1.20. The molecule has 0 aliphatic rings. The maximum absolute atomic E-state index is 10.1. The molecule has 104 valence electrons. The van der Waals surface area contributed by atoms with Gasteiger partial charge in [0.05, 0.1) is 0 Å². The molecule has 0 unspecified atom stereocenters. The van der Waals surface area contributed by atoms with Gasteiger partial charge in [-0.15, -0.1) is 0 Å². The van der Waals surface area contributed by atoms with Gasteiger partial charge >= 0.3 is 0 Å². The average molecular weight is 274 g/mol. The maximum atomic E-state index is 10.1. The summed E-state index contributed by atoms with van der Waals surface area (Å²) in [5, 5.41) is 4.95. The zero-order valence-corrected chi connectivity index (χ0v) is 11.2. The van der Waals surface area contributed by atoms with Gasteiger partial charge in [0.1, 0.15) is 0 Å². The molecule has 4 nitrogen and oxygen atoms in total. The van der Waals surface area contributed by atoms with E-state index in [1.807, 2.05) is 13.8 Å². The molecule has 0 fully saturated rings. The molecule has 0 aromatic carbocycles. The van der Waals surface area contributed by atoms with Crippen molar-refractivity contribution >= 4 is 38.8 Å². The van der Waals surface area contributed by atoms with E-state index in [2.05, 4.69) is 10.6 Å². The number of hydrogen-bond donors (Lipinski definition) is 2. The van der Waals surface area contributed by atoms with Crippen molar-refractivity contribution in [3.05, 3.63) is 0 Å².